The average Bonchev–Trinajstić information content (AvgIpc) is 2.53. The molecule has 7 heteroatoms. The number of esters is 1. The summed E-state index contributed by atoms with van der Waals surface area (Å²) in [5.74, 6) is -0.241. The number of ether oxygens (including phenoxy) is 1. The Bertz CT molecular complexity index is 566. The molecule has 0 atom stereocenters. The van der Waals surface area contributed by atoms with Crippen molar-refractivity contribution in [2.75, 3.05) is 39.8 Å². The summed E-state index contributed by atoms with van der Waals surface area (Å²) in [6.45, 7) is 2.74. The number of methoxy groups -OCH3 is 1. The van der Waals surface area contributed by atoms with Crippen molar-refractivity contribution in [3.05, 3.63) is 30.3 Å². The second-order valence-corrected chi connectivity index (χ2v) is 6.82. The SMILES string of the molecule is COC(=O)CCN1CCN(S(=O)(=O)c2ccccc2)CC1. The number of benzene rings is 1. The molecule has 0 saturated carbocycles. The number of hydrogen-bond donors (Lipinski definition) is 0. The van der Waals surface area contributed by atoms with Crippen molar-refractivity contribution in [1.82, 2.24) is 9.21 Å². The second kappa shape index (κ2) is 7.02. The standard InChI is InChI=1S/C14H20N2O4S/c1-20-14(17)7-8-15-9-11-16(12-10-15)21(18,19)13-5-3-2-4-6-13/h2-6H,7-12H2,1H3. The van der Waals surface area contributed by atoms with Crippen LogP contribution in [0.15, 0.2) is 35.2 Å². The highest BCUT2D eigenvalue weighted by Crippen LogP contribution is 2.17. The highest BCUT2D eigenvalue weighted by molar-refractivity contribution is 7.89. The van der Waals surface area contributed by atoms with Crippen LogP contribution in [0.5, 0.6) is 0 Å². The lowest BCUT2D eigenvalue weighted by Gasteiger charge is -2.33. The van der Waals surface area contributed by atoms with E-state index >= 15 is 0 Å². The van der Waals surface area contributed by atoms with E-state index in [-0.39, 0.29) is 5.97 Å². The fourth-order valence-electron chi connectivity index (χ4n) is 2.29. The molecular weight excluding hydrogens is 292 g/mol. The molecule has 0 radical (unpaired) electrons. The average molecular weight is 312 g/mol. The van der Waals surface area contributed by atoms with Gasteiger partial charge in [0.1, 0.15) is 0 Å². The molecule has 1 aliphatic heterocycles. The topological polar surface area (TPSA) is 66.9 Å². The molecule has 0 N–H and O–H groups in total. The highest BCUT2D eigenvalue weighted by Gasteiger charge is 2.28. The molecular formula is C14H20N2O4S. The summed E-state index contributed by atoms with van der Waals surface area (Å²) in [4.78, 5) is 13.5. The Morgan fingerprint density at radius 3 is 2.33 bits per heavy atom. The lowest BCUT2D eigenvalue weighted by Crippen LogP contribution is -2.48. The molecule has 0 amide bonds. The number of carbonyl (C=O) groups excluding carboxylic acids is 1. The van der Waals surface area contributed by atoms with Crippen LogP contribution in [0.3, 0.4) is 0 Å². The molecule has 1 aliphatic rings. The van der Waals surface area contributed by atoms with E-state index in [0.29, 0.717) is 44.0 Å². The summed E-state index contributed by atoms with van der Waals surface area (Å²) in [7, 11) is -2.04. The van der Waals surface area contributed by atoms with Crippen LogP contribution in [0.4, 0.5) is 0 Å². The van der Waals surface area contributed by atoms with Gasteiger partial charge in [-0.05, 0) is 12.1 Å². The molecule has 0 aliphatic carbocycles. The van der Waals surface area contributed by atoms with Gasteiger partial charge in [0.15, 0.2) is 0 Å². The molecule has 1 saturated heterocycles. The van der Waals surface area contributed by atoms with E-state index in [0.717, 1.165) is 0 Å². The lowest BCUT2D eigenvalue weighted by atomic mass is 10.3. The van der Waals surface area contributed by atoms with Crippen LogP contribution < -0.4 is 0 Å². The van der Waals surface area contributed by atoms with E-state index in [4.69, 9.17) is 0 Å². The number of carbonyl (C=O) groups is 1. The van der Waals surface area contributed by atoms with Gasteiger partial charge in [0.2, 0.25) is 10.0 Å². The van der Waals surface area contributed by atoms with E-state index in [1.807, 2.05) is 0 Å². The molecule has 0 unspecified atom stereocenters. The maximum atomic E-state index is 12.4. The summed E-state index contributed by atoms with van der Waals surface area (Å²) in [6, 6.07) is 8.46. The first-order valence-electron chi connectivity index (χ1n) is 6.88. The van der Waals surface area contributed by atoms with Gasteiger partial charge in [0.25, 0.3) is 0 Å². The zero-order chi connectivity index (χ0) is 15.3. The number of hydrogen-bond acceptors (Lipinski definition) is 5. The number of sulfonamides is 1. The van der Waals surface area contributed by atoms with Crippen molar-refractivity contribution in [3.63, 3.8) is 0 Å². The van der Waals surface area contributed by atoms with Crippen molar-refractivity contribution in [1.29, 1.82) is 0 Å². The van der Waals surface area contributed by atoms with Crippen LogP contribution in [0.25, 0.3) is 0 Å². The summed E-state index contributed by atoms with van der Waals surface area (Å²) in [5.41, 5.74) is 0. The van der Waals surface area contributed by atoms with Crippen LogP contribution in [0.2, 0.25) is 0 Å². The fraction of sp³-hybridized carbons (Fsp3) is 0.500. The smallest absolute Gasteiger partial charge is 0.306 e. The Balaban J connectivity index is 1.90. The van der Waals surface area contributed by atoms with E-state index in [9.17, 15) is 13.2 Å². The van der Waals surface area contributed by atoms with Gasteiger partial charge in [0.05, 0.1) is 18.4 Å². The van der Waals surface area contributed by atoms with E-state index in [1.165, 1.54) is 11.4 Å². The minimum absolute atomic E-state index is 0.241. The van der Waals surface area contributed by atoms with Gasteiger partial charge in [-0.1, -0.05) is 18.2 Å². The van der Waals surface area contributed by atoms with Crippen molar-refractivity contribution in [3.8, 4) is 0 Å². The Hall–Kier alpha value is -1.44. The minimum atomic E-state index is -3.41. The molecule has 0 spiro atoms. The van der Waals surface area contributed by atoms with Crippen LogP contribution in [-0.2, 0) is 19.6 Å². The predicted octanol–water partition coefficient (Wildman–Crippen LogP) is 0.556. The van der Waals surface area contributed by atoms with Gasteiger partial charge in [-0.2, -0.15) is 4.31 Å². The Labute approximate surface area is 125 Å². The number of rotatable bonds is 5. The molecule has 21 heavy (non-hydrogen) atoms. The molecule has 1 fully saturated rings. The quantitative estimate of drug-likeness (QED) is 0.743. The van der Waals surface area contributed by atoms with E-state index in [2.05, 4.69) is 9.64 Å². The molecule has 6 nitrogen and oxygen atoms in total. The van der Waals surface area contributed by atoms with Crippen molar-refractivity contribution in [2.45, 2.75) is 11.3 Å². The van der Waals surface area contributed by atoms with Gasteiger partial charge in [0, 0.05) is 32.7 Å². The first-order chi connectivity index (χ1) is 10.0. The summed E-state index contributed by atoms with van der Waals surface area (Å²) >= 11 is 0. The van der Waals surface area contributed by atoms with Crippen molar-refractivity contribution in [2.24, 2.45) is 0 Å². The third-order valence-electron chi connectivity index (χ3n) is 3.57. The minimum Gasteiger partial charge on any atom is -0.469 e. The molecule has 116 valence electrons. The maximum Gasteiger partial charge on any atom is 0.306 e. The molecule has 1 aromatic rings. The van der Waals surface area contributed by atoms with Gasteiger partial charge < -0.3 is 9.64 Å². The van der Waals surface area contributed by atoms with Gasteiger partial charge >= 0.3 is 5.97 Å². The number of piperazine rings is 1. The molecule has 0 aromatic heterocycles. The van der Waals surface area contributed by atoms with Crippen LogP contribution in [0, 0.1) is 0 Å². The lowest BCUT2D eigenvalue weighted by molar-refractivity contribution is -0.141. The van der Waals surface area contributed by atoms with Gasteiger partial charge in [-0.25, -0.2) is 8.42 Å². The van der Waals surface area contributed by atoms with Gasteiger partial charge in [-0.15, -0.1) is 0 Å². The third-order valence-corrected chi connectivity index (χ3v) is 5.48. The third kappa shape index (κ3) is 4.03. The highest BCUT2D eigenvalue weighted by atomic mass is 32.2. The Morgan fingerprint density at radius 2 is 1.76 bits per heavy atom. The predicted molar refractivity (Wildman–Crippen MR) is 78.3 cm³/mol. The van der Waals surface area contributed by atoms with Crippen LogP contribution in [0.1, 0.15) is 6.42 Å². The second-order valence-electron chi connectivity index (χ2n) is 4.88. The summed E-state index contributed by atoms with van der Waals surface area (Å²) in [6.07, 6.45) is 0.335. The molecule has 0 bridgehead atoms. The first kappa shape index (κ1) is 15.9. The van der Waals surface area contributed by atoms with Crippen molar-refractivity contribution < 1.29 is 17.9 Å². The monoisotopic (exact) mass is 312 g/mol. The summed E-state index contributed by atoms with van der Waals surface area (Å²) < 4.78 is 31.0. The fourth-order valence-corrected chi connectivity index (χ4v) is 3.73. The molecule has 1 aromatic carbocycles. The van der Waals surface area contributed by atoms with Crippen LogP contribution in [-0.4, -0.2) is 63.4 Å². The Morgan fingerprint density at radius 1 is 1.14 bits per heavy atom. The molecule has 1 heterocycles. The number of nitrogens with zero attached hydrogens (tertiary/aromatic N) is 2. The van der Waals surface area contributed by atoms with E-state index < -0.39 is 10.0 Å². The van der Waals surface area contributed by atoms with Crippen LogP contribution >= 0.6 is 0 Å². The first-order valence-corrected chi connectivity index (χ1v) is 8.32. The van der Waals surface area contributed by atoms with E-state index in [1.54, 1.807) is 30.3 Å². The maximum absolute atomic E-state index is 12.4. The normalized spacial score (nSPS) is 17.6. The molecule has 2 rings (SSSR count). The van der Waals surface area contributed by atoms with Gasteiger partial charge in [-0.3, -0.25) is 4.79 Å². The Kier molecular flexibility index (Phi) is 5.33. The summed E-state index contributed by atoms with van der Waals surface area (Å²) in [5, 5.41) is 0. The zero-order valence-electron chi connectivity index (χ0n) is 12.1. The zero-order valence-corrected chi connectivity index (χ0v) is 12.9. The van der Waals surface area contributed by atoms with Crippen molar-refractivity contribution >= 4 is 16.0 Å². The largest absolute Gasteiger partial charge is 0.469 e.